The van der Waals surface area contributed by atoms with Gasteiger partial charge in [-0.1, -0.05) is 64.9 Å². The zero-order chi connectivity index (χ0) is 23.3. The smallest absolute Gasteiger partial charge is 0.301 e. The molecule has 0 unspecified atom stereocenters. The second kappa shape index (κ2) is 8.10. The number of thiazole rings is 1. The monoisotopic (exact) mass is 478 g/mol. The highest BCUT2D eigenvalue weighted by molar-refractivity contribution is 7.22. The minimum absolute atomic E-state index is 0.0587. The number of amides is 1. The highest BCUT2D eigenvalue weighted by atomic mass is 35.5. The molecule has 1 fully saturated rings. The van der Waals surface area contributed by atoms with Crippen LogP contribution in [0.4, 0.5) is 9.52 Å². The van der Waals surface area contributed by atoms with Crippen LogP contribution in [-0.2, 0) is 9.59 Å². The third-order valence-corrected chi connectivity index (χ3v) is 6.73. The van der Waals surface area contributed by atoms with Gasteiger partial charge in [-0.15, -0.1) is 0 Å². The van der Waals surface area contributed by atoms with Crippen molar-refractivity contribution < 1.29 is 19.1 Å². The van der Waals surface area contributed by atoms with Crippen molar-refractivity contribution in [3.63, 3.8) is 0 Å². The van der Waals surface area contributed by atoms with Crippen molar-refractivity contribution in [2.24, 2.45) is 0 Å². The molecule has 2 heterocycles. The molecular weight excluding hydrogens is 463 g/mol. The number of ketones is 1. The fourth-order valence-corrected chi connectivity index (χ4v) is 5.09. The Balaban J connectivity index is 1.74. The molecule has 1 saturated heterocycles. The van der Waals surface area contributed by atoms with Crippen LogP contribution in [0.15, 0.2) is 72.3 Å². The van der Waals surface area contributed by atoms with E-state index in [9.17, 15) is 19.1 Å². The summed E-state index contributed by atoms with van der Waals surface area (Å²) in [5, 5.41) is 11.8. The first-order chi connectivity index (χ1) is 15.8. The lowest BCUT2D eigenvalue weighted by Crippen LogP contribution is -2.29. The molecule has 33 heavy (non-hydrogen) atoms. The number of aliphatic hydroxyl groups excluding tert-OH is 1. The van der Waals surface area contributed by atoms with Gasteiger partial charge in [-0.2, -0.15) is 0 Å². The van der Waals surface area contributed by atoms with E-state index < -0.39 is 23.5 Å². The van der Waals surface area contributed by atoms with Gasteiger partial charge in [0.05, 0.1) is 21.8 Å². The van der Waals surface area contributed by atoms with Crippen LogP contribution in [-0.4, -0.2) is 21.8 Å². The van der Waals surface area contributed by atoms with Gasteiger partial charge < -0.3 is 5.11 Å². The number of hydrogen-bond acceptors (Lipinski definition) is 5. The lowest BCUT2D eigenvalue weighted by Gasteiger charge is -2.23. The lowest BCUT2D eigenvalue weighted by atomic mass is 9.95. The summed E-state index contributed by atoms with van der Waals surface area (Å²) < 4.78 is 14.3. The van der Waals surface area contributed by atoms with Gasteiger partial charge in [-0.25, -0.2) is 9.37 Å². The van der Waals surface area contributed by atoms with E-state index in [4.69, 9.17) is 11.6 Å². The van der Waals surface area contributed by atoms with Gasteiger partial charge in [0, 0.05) is 10.6 Å². The lowest BCUT2D eigenvalue weighted by molar-refractivity contribution is -0.132. The molecule has 5 nitrogen and oxygen atoms in total. The molecule has 0 spiro atoms. The summed E-state index contributed by atoms with van der Waals surface area (Å²) in [4.78, 5) is 32.1. The quantitative estimate of drug-likeness (QED) is 0.222. The standard InChI is InChI=1S/C25H16ClFN2O3S/c1-13-5-7-14(8-6-13)22(30)20-21(15-3-2-4-16(26)11-15)29(24(32)23(20)31)25-28-18-10-9-17(27)12-19(18)33-25/h2-12,21,30H,1H3/b22-20+/t21-/m1/s1. The van der Waals surface area contributed by atoms with Gasteiger partial charge in [0.25, 0.3) is 5.78 Å². The molecule has 0 saturated carbocycles. The molecular formula is C25H16ClFN2O3S. The largest absolute Gasteiger partial charge is 0.507 e. The fourth-order valence-electron chi connectivity index (χ4n) is 3.88. The number of halogens is 2. The highest BCUT2D eigenvalue weighted by Crippen LogP contribution is 2.44. The van der Waals surface area contributed by atoms with E-state index in [-0.39, 0.29) is 16.5 Å². The first kappa shape index (κ1) is 21.3. The Bertz CT molecular complexity index is 1460. The van der Waals surface area contributed by atoms with E-state index in [0.29, 0.717) is 26.4 Å². The van der Waals surface area contributed by atoms with E-state index in [1.165, 1.54) is 23.1 Å². The second-order valence-electron chi connectivity index (χ2n) is 7.70. The van der Waals surface area contributed by atoms with Gasteiger partial charge in [0.15, 0.2) is 5.13 Å². The van der Waals surface area contributed by atoms with E-state index in [0.717, 1.165) is 16.9 Å². The summed E-state index contributed by atoms with van der Waals surface area (Å²) in [5.41, 5.74) is 2.39. The normalized spacial score (nSPS) is 17.8. The Morgan fingerprint density at radius 2 is 1.85 bits per heavy atom. The summed E-state index contributed by atoms with van der Waals surface area (Å²) in [6.07, 6.45) is 0. The molecule has 8 heteroatoms. The second-order valence-corrected chi connectivity index (χ2v) is 9.14. The van der Waals surface area contributed by atoms with Crippen molar-refractivity contribution in [2.45, 2.75) is 13.0 Å². The first-order valence-corrected chi connectivity index (χ1v) is 11.2. The van der Waals surface area contributed by atoms with Gasteiger partial charge >= 0.3 is 5.91 Å². The van der Waals surface area contributed by atoms with E-state index >= 15 is 0 Å². The van der Waals surface area contributed by atoms with Gasteiger partial charge in [0.2, 0.25) is 0 Å². The molecule has 1 amide bonds. The topological polar surface area (TPSA) is 70.5 Å². The van der Waals surface area contributed by atoms with Crippen LogP contribution in [0.1, 0.15) is 22.7 Å². The maximum absolute atomic E-state index is 13.7. The van der Waals surface area contributed by atoms with Crippen molar-refractivity contribution in [1.29, 1.82) is 0 Å². The molecule has 1 aliphatic rings. The molecule has 0 radical (unpaired) electrons. The zero-order valence-electron chi connectivity index (χ0n) is 17.3. The van der Waals surface area contributed by atoms with E-state index in [1.807, 2.05) is 19.1 Å². The highest BCUT2D eigenvalue weighted by Gasteiger charge is 2.48. The molecule has 3 aromatic carbocycles. The van der Waals surface area contributed by atoms with Crippen LogP contribution >= 0.6 is 22.9 Å². The van der Waals surface area contributed by atoms with Crippen LogP contribution in [0.25, 0.3) is 16.0 Å². The minimum Gasteiger partial charge on any atom is -0.507 e. The number of aromatic nitrogens is 1. The molecule has 1 atom stereocenters. The molecule has 0 bridgehead atoms. The first-order valence-electron chi connectivity index (χ1n) is 10.0. The van der Waals surface area contributed by atoms with Gasteiger partial charge in [-0.05, 0) is 42.8 Å². The molecule has 0 aliphatic carbocycles. The number of anilines is 1. The molecule has 1 aliphatic heterocycles. The zero-order valence-corrected chi connectivity index (χ0v) is 18.8. The molecule has 4 aromatic rings. The number of nitrogens with zero attached hydrogens (tertiary/aromatic N) is 2. The summed E-state index contributed by atoms with van der Waals surface area (Å²) in [7, 11) is 0. The Hall–Kier alpha value is -3.55. The summed E-state index contributed by atoms with van der Waals surface area (Å²) >= 11 is 7.30. The van der Waals surface area contributed by atoms with Crippen LogP contribution in [0.2, 0.25) is 5.02 Å². The number of fused-ring (bicyclic) bond motifs is 1. The average Bonchev–Trinajstić information content (AvgIpc) is 3.32. The number of Topliss-reactive ketones (excluding diaryl/α,β-unsaturated/α-hetero) is 1. The van der Waals surface area contributed by atoms with Crippen molar-refractivity contribution in [3.05, 3.63) is 99.8 Å². The van der Waals surface area contributed by atoms with Crippen molar-refractivity contribution in [3.8, 4) is 0 Å². The SMILES string of the molecule is Cc1ccc(/C(O)=C2\C(=O)C(=O)N(c3nc4ccc(F)cc4s3)[C@@H]2c2cccc(Cl)c2)cc1. The Labute approximate surface area is 197 Å². The van der Waals surface area contributed by atoms with Crippen LogP contribution in [0.5, 0.6) is 0 Å². The van der Waals surface area contributed by atoms with Crippen molar-refractivity contribution in [2.75, 3.05) is 4.90 Å². The number of hydrogen-bond donors (Lipinski definition) is 1. The number of aliphatic hydroxyl groups is 1. The van der Waals surface area contributed by atoms with E-state index in [2.05, 4.69) is 4.98 Å². The Morgan fingerprint density at radius 1 is 1.09 bits per heavy atom. The number of aryl methyl sites for hydroxylation is 1. The summed E-state index contributed by atoms with van der Waals surface area (Å²) in [6.45, 7) is 1.91. The third-order valence-electron chi connectivity index (χ3n) is 5.48. The van der Waals surface area contributed by atoms with Gasteiger partial charge in [0.1, 0.15) is 11.6 Å². The summed E-state index contributed by atoms with van der Waals surface area (Å²) in [6, 6.07) is 16.9. The molecule has 1 aromatic heterocycles. The maximum atomic E-state index is 13.7. The van der Waals surface area contributed by atoms with Crippen LogP contribution in [0, 0.1) is 12.7 Å². The van der Waals surface area contributed by atoms with Crippen LogP contribution in [0.3, 0.4) is 0 Å². The van der Waals surface area contributed by atoms with Crippen molar-refractivity contribution >= 4 is 55.7 Å². The Kier molecular flexibility index (Phi) is 5.23. The number of benzene rings is 3. The molecule has 164 valence electrons. The summed E-state index contributed by atoms with van der Waals surface area (Å²) in [5.74, 6) is -2.37. The number of carbonyl (C=O) groups excluding carboxylic acids is 2. The predicted octanol–water partition coefficient (Wildman–Crippen LogP) is 6.02. The number of carbonyl (C=O) groups is 2. The minimum atomic E-state index is -0.949. The third kappa shape index (κ3) is 3.69. The average molecular weight is 479 g/mol. The molecule has 5 rings (SSSR count). The Morgan fingerprint density at radius 3 is 2.58 bits per heavy atom. The van der Waals surface area contributed by atoms with E-state index in [1.54, 1.807) is 36.4 Å². The predicted molar refractivity (Wildman–Crippen MR) is 127 cm³/mol. The molecule has 1 N–H and O–H groups in total. The number of rotatable bonds is 3. The van der Waals surface area contributed by atoms with Crippen molar-refractivity contribution in [1.82, 2.24) is 4.98 Å². The van der Waals surface area contributed by atoms with Gasteiger partial charge in [-0.3, -0.25) is 14.5 Å². The maximum Gasteiger partial charge on any atom is 0.301 e. The van der Waals surface area contributed by atoms with Crippen LogP contribution < -0.4 is 4.90 Å². The fraction of sp³-hybridized carbons (Fsp3) is 0.0800.